The number of hydrogen-bond donors (Lipinski definition) is 4. The zero-order valence-corrected chi connectivity index (χ0v) is 28.9. The number of alkyl carbamates (subject to hydrolysis) is 1. The summed E-state index contributed by atoms with van der Waals surface area (Å²) in [6.45, 7) is 3.98. The molecule has 0 radical (unpaired) electrons. The quantitative estimate of drug-likeness (QED) is 0.127. The van der Waals surface area contributed by atoms with Crippen LogP contribution in [0.5, 0.6) is 0 Å². The third-order valence-electron chi connectivity index (χ3n) is 8.22. The molecule has 4 aromatic rings. The number of aliphatic hydroxyl groups excluding tert-OH is 1. The standard InChI is InChI=1S/C35H42N6O5S2/c1-22(2)33-37-25(20-47-33)17-41(3)34(44)40-30(18-42)32(43)39-29(31-27-11-7-8-12-28(27)31)14-13-24(15-23-9-5-4-6-10-23)38-35(45)46-19-26-16-36-21-48-26/h4-12,16,20-22,24,29-31,42H,13-15,17-19H2,1-3H3,(H,38,45)(H,39,43)(H,40,44). The molecule has 2 aromatic carbocycles. The highest BCUT2D eigenvalue weighted by molar-refractivity contribution is 7.09. The van der Waals surface area contributed by atoms with Gasteiger partial charge in [-0.3, -0.25) is 9.78 Å². The van der Waals surface area contributed by atoms with E-state index in [2.05, 4.69) is 39.8 Å². The van der Waals surface area contributed by atoms with Crippen LogP contribution in [-0.4, -0.2) is 69.8 Å². The van der Waals surface area contributed by atoms with Crippen LogP contribution >= 0.6 is 22.7 Å². The number of carbonyl (C=O) groups excluding carboxylic acids is 3. The molecule has 0 bridgehead atoms. The van der Waals surface area contributed by atoms with Gasteiger partial charge >= 0.3 is 12.1 Å². The first-order valence-corrected chi connectivity index (χ1v) is 17.8. The maximum atomic E-state index is 13.6. The van der Waals surface area contributed by atoms with Gasteiger partial charge in [-0.1, -0.05) is 68.4 Å². The lowest BCUT2D eigenvalue weighted by Gasteiger charge is -2.26. The van der Waals surface area contributed by atoms with Gasteiger partial charge in [0.1, 0.15) is 12.6 Å². The van der Waals surface area contributed by atoms with E-state index in [0.717, 1.165) is 32.3 Å². The highest BCUT2D eigenvalue weighted by Gasteiger charge is 2.40. The molecule has 0 saturated heterocycles. The summed E-state index contributed by atoms with van der Waals surface area (Å²) in [5.74, 6) is -0.185. The van der Waals surface area contributed by atoms with Crippen LogP contribution in [-0.2, 0) is 29.1 Å². The Morgan fingerprint density at radius 2 is 1.71 bits per heavy atom. The Balaban J connectivity index is 1.23. The van der Waals surface area contributed by atoms with E-state index < -0.39 is 30.7 Å². The molecule has 11 nitrogen and oxygen atoms in total. The molecule has 1 aliphatic rings. The van der Waals surface area contributed by atoms with Gasteiger partial charge in [0.05, 0.1) is 34.2 Å². The molecule has 3 unspecified atom stereocenters. The lowest BCUT2D eigenvalue weighted by atomic mass is 9.96. The summed E-state index contributed by atoms with van der Waals surface area (Å²) in [6.07, 6.45) is 2.80. The Morgan fingerprint density at radius 3 is 2.35 bits per heavy atom. The van der Waals surface area contributed by atoms with E-state index in [1.807, 2.05) is 60.0 Å². The molecule has 1 aliphatic carbocycles. The molecule has 2 heterocycles. The van der Waals surface area contributed by atoms with Crippen LogP contribution in [0.3, 0.4) is 0 Å². The minimum absolute atomic E-state index is 0.00265. The van der Waals surface area contributed by atoms with E-state index in [-0.39, 0.29) is 31.2 Å². The van der Waals surface area contributed by atoms with Gasteiger partial charge in [-0.2, -0.15) is 0 Å². The van der Waals surface area contributed by atoms with Crippen LogP contribution < -0.4 is 16.0 Å². The molecule has 0 spiro atoms. The van der Waals surface area contributed by atoms with Crippen molar-refractivity contribution in [3.05, 3.63) is 104 Å². The predicted molar refractivity (Wildman–Crippen MR) is 186 cm³/mol. The van der Waals surface area contributed by atoms with Crippen LogP contribution in [0.25, 0.3) is 0 Å². The average molecular weight is 691 g/mol. The zero-order chi connectivity index (χ0) is 34.0. The Bertz CT molecular complexity index is 1620. The first-order chi connectivity index (χ1) is 23.2. The molecule has 0 aliphatic heterocycles. The summed E-state index contributed by atoms with van der Waals surface area (Å²) in [7, 11) is 1.63. The molecular weight excluding hydrogens is 649 g/mol. The smallest absolute Gasteiger partial charge is 0.407 e. The molecule has 4 amide bonds. The second-order valence-corrected chi connectivity index (χ2v) is 14.1. The summed E-state index contributed by atoms with van der Waals surface area (Å²) < 4.78 is 5.46. The van der Waals surface area contributed by atoms with Crippen LogP contribution in [0.1, 0.15) is 70.8 Å². The SMILES string of the molecule is CC(C)c1nc(CN(C)C(=O)NC(CO)C(=O)NC(CCC(Cc2ccccc2)NC(=O)OCc2cncs2)C2c3ccccc32)cs1. The number of amides is 4. The fraction of sp³-hybridized carbons (Fsp3) is 0.400. The van der Waals surface area contributed by atoms with Gasteiger partial charge in [-0.05, 0) is 36.0 Å². The van der Waals surface area contributed by atoms with E-state index in [1.54, 1.807) is 30.1 Å². The van der Waals surface area contributed by atoms with Gasteiger partial charge in [0.2, 0.25) is 5.91 Å². The fourth-order valence-corrected chi connectivity index (χ4v) is 6.96. The van der Waals surface area contributed by atoms with Crippen molar-refractivity contribution in [2.45, 2.75) is 76.2 Å². The third-order valence-corrected chi connectivity index (χ3v) is 10.2. The molecule has 13 heteroatoms. The number of rotatable bonds is 16. The minimum Gasteiger partial charge on any atom is -0.444 e. The van der Waals surface area contributed by atoms with Crippen LogP contribution in [0.2, 0.25) is 0 Å². The lowest BCUT2D eigenvalue weighted by Crippen LogP contribution is -2.54. The normalized spacial score (nSPS) is 14.0. The van der Waals surface area contributed by atoms with Crippen molar-refractivity contribution in [1.82, 2.24) is 30.8 Å². The number of thiazole rings is 2. The maximum Gasteiger partial charge on any atom is 0.407 e. The Kier molecular flexibility index (Phi) is 12.2. The van der Waals surface area contributed by atoms with Crippen molar-refractivity contribution in [3.63, 3.8) is 0 Å². The van der Waals surface area contributed by atoms with Gasteiger partial charge in [0.25, 0.3) is 0 Å². The number of aromatic nitrogens is 2. The topological polar surface area (TPSA) is 146 Å². The molecule has 3 atom stereocenters. The lowest BCUT2D eigenvalue weighted by molar-refractivity contribution is -0.124. The average Bonchev–Trinajstić information content (AvgIpc) is 3.36. The number of hydrogen-bond acceptors (Lipinski definition) is 9. The molecule has 48 heavy (non-hydrogen) atoms. The maximum absolute atomic E-state index is 13.6. The van der Waals surface area contributed by atoms with E-state index >= 15 is 0 Å². The highest BCUT2D eigenvalue weighted by Crippen LogP contribution is 2.46. The summed E-state index contributed by atoms with van der Waals surface area (Å²) in [6, 6.07) is 15.7. The minimum atomic E-state index is -1.15. The van der Waals surface area contributed by atoms with Crippen LogP contribution in [0.15, 0.2) is 71.7 Å². The van der Waals surface area contributed by atoms with Crippen molar-refractivity contribution < 1.29 is 24.2 Å². The monoisotopic (exact) mass is 690 g/mol. The number of ether oxygens (including phenoxy) is 1. The summed E-state index contributed by atoms with van der Waals surface area (Å²) >= 11 is 2.97. The van der Waals surface area contributed by atoms with Crippen molar-refractivity contribution in [3.8, 4) is 0 Å². The molecule has 2 aromatic heterocycles. The number of aliphatic hydroxyl groups is 1. The van der Waals surface area contributed by atoms with Crippen LogP contribution in [0.4, 0.5) is 9.59 Å². The summed E-state index contributed by atoms with van der Waals surface area (Å²) in [5.41, 5.74) is 5.81. The van der Waals surface area contributed by atoms with E-state index in [1.165, 1.54) is 16.2 Å². The summed E-state index contributed by atoms with van der Waals surface area (Å²) in [4.78, 5) is 50.3. The number of nitrogens with one attached hydrogen (secondary N) is 3. The number of fused-ring (bicyclic) bond motifs is 1. The predicted octanol–water partition coefficient (Wildman–Crippen LogP) is 5.17. The number of nitrogens with zero attached hydrogens (tertiary/aromatic N) is 3. The Morgan fingerprint density at radius 1 is 0.979 bits per heavy atom. The molecule has 5 rings (SSSR count). The van der Waals surface area contributed by atoms with Gasteiger partial charge in [0.15, 0.2) is 0 Å². The number of urea groups is 1. The number of carbonyl (C=O) groups is 3. The first-order valence-electron chi connectivity index (χ1n) is 16.0. The van der Waals surface area contributed by atoms with Gasteiger partial charge in [-0.15, -0.1) is 22.7 Å². The zero-order valence-electron chi connectivity index (χ0n) is 27.3. The van der Waals surface area contributed by atoms with Crippen LogP contribution in [0, 0.1) is 0 Å². The van der Waals surface area contributed by atoms with E-state index in [0.29, 0.717) is 25.2 Å². The summed E-state index contributed by atoms with van der Waals surface area (Å²) in [5, 5.41) is 21.9. The van der Waals surface area contributed by atoms with Crippen molar-refractivity contribution in [2.75, 3.05) is 13.7 Å². The van der Waals surface area contributed by atoms with E-state index in [4.69, 9.17) is 4.74 Å². The fourth-order valence-electron chi connectivity index (χ4n) is 5.62. The highest BCUT2D eigenvalue weighted by atomic mass is 32.1. The van der Waals surface area contributed by atoms with Gasteiger partial charge in [-0.25, -0.2) is 14.6 Å². The Labute approximate surface area is 288 Å². The number of benzene rings is 2. The van der Waals surface area contributed by atoms with Crippen molar-refractivity contribution in [2.24, 2.45) is 0 Å². The Hall–Kier alpha value is -4.33. The second-order valence-electron chi connectivity index (χ2n) is 12.2. The molecular formula is C35H42N6O5S2. The third kappa shape index (κ3) is 9.61. The van der Waals surface area contributed by atoms with Gasteiger partial charge < -0.3 is 30.7 Å². The molecule has 254 valence electrons. The largest absolute Gasteiger partial charge is 0.444 e. The van der Waals surface area contributed by atoms with Crippen molar-refractivity contribution >= 4 is 40.7 Å². The second kappa shape index (κ2) is 16.7. The van der Waals surface area contributed by atoms with Crippen molar-refractivity contribution in [1.29, 1.82) is 0 Å². The van der Waals surface area contributed by atoms with Gasteiger partial charge in [0, 0.05) is 42.5 Å². The molecule has 0 fully saturated rings. The molecule has 0 saturated carbocycles. The molecule has 4 N–H and O–H groups in total. The first kappa shape index (κ1) is 35.0. The van der Waals surface area contributed by atoms with E-state index in [9.17, 15) is 19.5 Å².